The predicted molar refractivity (Wildman–Crippen MR) is 79.4 cm³/mol. The van der Waals surface area contributed by atoms with Gasteiger partial charge in [0, 0.05) is 38.1 Å². The molecule has 1 unspecified atom stereocenters. The molecule has 6 heteroatoms. The number of carbonyl (C=O) groups excluding carboxylic acids is 1. The normalized spacial score (nSPS) is 17.8. The number of hydrogen-bond acceptors (Lipinski definition) is 4. The SMILES string of the molecule is CCN(CC)C(=O)c1cc(N2CCC(C(=O)O)C2)ccn1. The smallest absolute Gasteiger partial charge is 0.308 e. The quantitative estimate of drug-likeness (QED) is 0.889. The van der Waals surface area contributed by atoms with E-state index >= 15 is 0 Å². The van der Waals surface area contributed by atoms with Crippen LogP contribution in [0, 0.1) is 5.92 Å². The van der Waals surface area contributed by atoms with E-state index in [1.54, 1.807) is 17.2 Å². The zero-order valence-corrected chi connectivity index (χ0v) is 12.5. The molecule has 2 heterocycles. The molecule has 1 aromatic rings. The molecule has 0 radical (unpaired) electrons. The summed E-state index contributed by atoms with van der Waals surface area (Å²) in [5.74, 6) is -1.18. The molecule has 6 nitrogen and oxygen atoms in total. The summed E-state index contributed by atoms with van der Waals surface area (Å²) in [7, 11) is 0. The van der Waals surface area contributed by atoms with E-state index in [0.717, 1.165) is 5.69 Å². The first-order chi connectivity index (χ1) is 10.1. The third-order valence-corrected chi connectivity index (χ3v) is 3.92. The molecule has 0 bridgehead atoms. The van der Waals surface area contributed by atoms with Crippen molar-refractivity contribution >= 4 is 17.6 Å². The molecule has 0 aliphatic carbocycles. The Kier molecular flexibility index (Phi) is 4.77. The van der Waals surface area contributed by atoms with Crippen molar-refractivity contribution < 1.29 is 14.7 Å². The van der Waals surface area contributed by atoms with Crippen molar-refractivity contribution in [3.05, 3.63) is 24.0 Å². The third-order valence-electron chi connectivity index (χ3n) is 3.92. The first-order valence-corrected chi connectivity index (χ1v) is 7.29. The van der Waals surface area contributed by atoms with E-state index in [0.29, 0.717) is 38.3 Å². The summed E-state index contributed by atoms with van der Waals surface area (Å²) < 4.78 is 0. The van der Waals surface area contributed by atoms with Gasteiger partial charge in [0.1, 0.15) is 5.69 Å². The molecule has 1 atom stereocenters. The molecule has 0 aromatic carbocycles. The summed E-state index contributed by atoms with van der Waals surface area (Å²) in [5, 5.41) is 9.06. The van der Waals surface area contributed by atoms with Gasteiger partial charge in [-0.3, -0.25) is 14.6 Å². The minimum atomic E-state index is -0.758. The van der Waals surface area contributed by atoms with Gasteiger partial charge in [-0.15, -0.1) is 0 Å². The number of amides is 1. The molecule has 1 aliphatic heterocycles. The average Bonchev–Trinajstić information content (AvgIpc) is 2.98. The molecule has 1 amide bonds. The summed E-state index contributed by atoms with van der Waals surface area (Å²) >= 11 is 0. The van der Waals surface area contributed by atoms with Gasteiger partial charge >= 0.3 is 5.97 Å². The number of carbonyl (C=O) groups is 2. The summed E-state index contributed by atoms with van der Waals surface area (Å²) in [4.78, 5) is 31.2. The second-order valence-corrected chi connectivity index (χ2v) is 5.15. The maximum Gasteiger partial charge on any atom is 0.308 e. The Hall–Kier alpha value is -2.11. The van der Waals surface area contributed by atoms with Crippen LogP contribution in [0.15, 0.2) is 18.3 Å². The number of rotatable bonds is 5. The fraction of sp³-hybridized carbons (Fsp3) is 0.533. The van der Waals surface area contributed by atoms with Crippen molar-refractivity contribution in [1.82, 2.24) is 9.88 Å². The molecule has 1 aromatic heterocycles. The fourth-order valence-corrected chi connectivity index (χ4v) is 2.60. The molecular formula is C15H21N3O3. The van der Waals surface area contributed by atoms with Gasteiger partial charge in [0.05, 0.1) is 5.92 Å². The minimum Gasteiger partial charge on any atom is -0.481 e. The number of carboxylic acids is 1. The van der Waals surface area contributed by atoms with E-state index < -0.39 is 5.97 Å². The van der Waals surface area contributed by atoms with E-state index in [1.807, 2.05) is 24.8 Å². The van der Waals surface area contributed by atoms with Gasteiger partial charge in [-0.05, 0) is 32.4 Å². The molecule has 1 N–H and O–H groups in total. The van der Waals surface area contributed by atoms with Gasteiger partial charge in [-0.1, -0.05) is 0 Å². The topological polar surface area (TPSA) is 73.7 Å². The summed E-state index contributed by atoms with van der Waals surface area (Å²) in [6, 6.07) is 3.58. The van der Waals surface area contributed by atoms with Crippen LogP contribution in [0.5, 0.6) is 0 Å². The van der Waals surface area contributed by atoms with E-state index in [-0.39, 0.29) is 11.8 Å². The average molecular weight is 291 g/mol. The zero-order chi connectivity index (χ0) is 15.4. The number of pyridine rings is 1. The van der Waals surface area contributed by atoms with Crippen LogP contribution in [0.3, 0.4) is 0 Å². The first-order valence-electron chi connectivity index (χ1n) is 7.29. The number of hydrogen-bond donors (Lipinski definition) is 1. The van der Waals surface area contributed by atoms with Crippen molar-refractivity contribution in [3.8, 4) is 0 Å². The number of aromatic nitrogens is 1. The van der Waals surface area contributed by atoms with E-state index in [4.69, 9.17) is 5.11 Å². The van der Waals surface area contributed by atoms with Crippen LogP contribution in [0.2, 0.25) is 0 Å². The monoisotopic (exact) mass is 291 g/mol. The summed E-state index contributed by atoms with van der Waals surface area (Å²) in [6.45, 7) is 6.34. The van der Waals surface area contributed by atoms with Gasteiger partial charge in [0.2, 0.25) is 0 Å². The highest BCUT2D eigenvalue weighted by molar-refractivity contribution is 5.93. The highest BCUT2D eigenvalue weighted by Crippen LogP contribution is 2.24. The standard InChI is InChI=1S/C15H21N3O3/c1-3-17(4-2)14(19)13-9-12(5-7-16-13)18-8-6-11(10-18)15(20)21/h5,7,9,11H,3-4,6,8,10H2,1-2H3,(H,20,21). The Bertz CT molecular complexity index is 529. The number of nitrogens with zero attached hydrogens (tertiary/aromatic N) is 3. The number of aliphatic carboxylic acids is 1. The summed E-state index contributed by atoms with van der Waals surface area (Å²) in [6.07, 6.45) is 2.25. The molecule has 1 saturated heterocycles. The number of carboxylic acid groups (broad SMARTS) is 1. The van der Waals surface area contributed by atoms with Crippen molar-refractivity contribution in [2.45, 2.75) is 20.3 Å². The maximum atomic E-state index is 12.3. The Morgan fingerprint density at radius 3 is 2.71 bits per heavy atom. The highest BCUT2D eigenvalue weighted by Gasteiger charge is 2.28. The molecule has 1 aliphatic rings. The molecule has 0 spiro atoms. The second-order valence-electron chi connectivity index (χ2n) is 5.15. The van der Waals surface area contributed by atoms with Crippen LogP contribution >= 0.6 is 0 Å². The lowest BCUT2D eigenvalue weighted by Crippen LogP contribution is -2.31. The lowest BCUT2D eigenvalue weighted by molar-refractivity contribution is -0.140. The van der Waals surface area contributed by atoms with Crippen LogP contribution in [0.1, 0.15) is 30.8 Å². The molecule has 0 saturated carbocycles. The fourth-order valence-electron chi connectivity index (χ4n) is 2.60. The lowest BCUT2D eigenvalue weighted by Gasteiger charge is -2.21. The predicted octanol–water partition coefficient (Wildman–Crippen LogP) is 1.47. The summed E-state index contributed by atoms with van der Waals surface area (Å²) in [5.41, 5.74) is 1.28. The van der Waals surface area contributed by atoms with E-state index in [9.17, 15) is 9.59 Å². The van der Waals surface area contributed by atoms with Gasteiger partial charge in [-0.2, -0.15) is 0 Å². The van der Waals surface area contributed by atoms with Crippen LogP contribution in [-0.2, 0) is 4.79 Å². The Labute approximate surface area is 124 Å². The highest BCUT2D eigenvalue weighted by atomic mass is 16.4. The first kappa shape index (κ1) is 15.3. The van der Waals surface area contributed by atoms with Gasteiger partial charge in [-0.25, -0.2) is 0 Å². The lowest BCUT2D eigenvalue weighted by atomic mass is 10.1. The molecule has 21 heavy (non-hydrogen) atoms. The Morgan fingerprint density at radius 1 is 1.43 bits per heavy atom. The van der Waals surface area contributed by atoms with Crippen molar-refractivity contribution in [2.75, 3.05) is 31.1 Å². The zero-order valence-electron chi connectivity index (χ0n) is 12.5. The van der Waals surface area contributed by atoms with Gasteiger partial charge in [0.25, 0.3) is 5.91 Å². The van der Waals surface area contributed by atoms with Crippen LogP contribution in [-0.4, -0.2) is 53.0 Å². The molecule has 2 rings (SSSR count). The second kappa shape index (κ2) is 6.56. The van der Waals surface area contributed by atoms with Crippen molar-refractivity contribution in [1.29, 1.82) is 0 Å². The maximum absolute atomic E-state index is 12.3. The van der Waals surface area contributed by atoms with E-state index in [2.05, 4.69) is 4.98 Å². The van der Waals surface area contributed by atoms with Crippen molar-refractivity contribution in [3.63, 3.8) is 0 Å². The Morgan fingerprint density at radius 2 is 2.14 bits per heavy atom. The molecule has 1 fully saturated rings. The van der Waals surface area contributed by atoms with Crippen LogP contribution < -0.4 is 4.90 Å². The molecule has 114 valence electrons. The van der Waals surface area contributed by atoms with Crippen molar-refractivity contribution in [2.24, 2.45) is 5.92 Å². The van der Waals surface area contributed by atoms with Crippen LogP contribution in [0.25, 0.3) is 0 Å². The van der Waals surface area contributed by atoms with Gasteiger partial charge in [0.15, 0.2) is 0 Å². The van der Waals surface area contributed by atoms with Gasteiger partial charge < -0.3 is 14.9 Å². The Balaban J connectivity index is 2.15. The molecular weight excluding hydrogens is 270 g/mol. The van der Waals surface area contributed by atoms with E-state index in [1.165, 1.54) is 0 Å². The third kappa shape index (κ3) is 3.32. The van der Waals surface area contributed by atoms with Crippen LogP contribution in [0.4, 0.5) is 5.69 Å². The minimum absolute atomic E-state index is 0.0872. The number of anilines is 1. The largest absolute Gasteiger partial charge is 0.481 e.